The quantitative estimate of drug-likeness (QED) is 0.471. The van der Waals surface area contributed by atoms with E-state index in [9.17, 15) is 9.59 Å². The van der Waals surface area contributed by atoms with Crippen LogP contribution in [0.5, 0.6) is 0 Å². The molecule has 186 valence electrons. The number of aromatic nitrogens is 4. The molecular formula is C28H31N5O3. The fourth-order valence-electron chi connectivity index (χ4n) is 5.79. The maximum absolute atomic E-state index is 13.7. The lowest BCUT2D eigenvalue weighted by atomic mass is 9.90. The second-order valence-electron chi connectivity index (χ2n) is 10.2. The van der Waals surface area contributed by atoms with E-state index >= 15 is 0 Å². The minimum atomic E-state index is -0.148. The molecule has 2 saturated heterocycles. The molecular weight excluding hydrogens is 454 g/mol. The molecule has 1 N–H and O–H groups in total. The second-order valence-corrected chi connectivity index (χ2v) is 10.2. The van der Waals surface area contributed by atoms with E-state index in [1.54, 1.807) is 6.20 Å². The number of hydrogen-bond donors (Lipinski definition) is 1. The molecule has 0 aliphatic carbocycles. The summed E-state index contributed by atoms with van der Waals surface area (Å²) >= 11 is 0. The predicted octanol–water partition coefficient (Wildman–Crippen LogP) is 4.03. The molecule has 0 radical (unpaired) electrons. The Morgan fingerprint density at radius 2 is 1.83 bits per heavy atom. The molecule has 6 rings (SSSR count). The molecule has 2 fully saturated rings. The monoisotopic (exact) mass is 485 g/mol. The summed E-state index contributed by atoms with van der Waals surface area (Å²) in [5.41, 5.74) is 4.28. The number of pyridine rings is 2. The minimum Gasteiger partial charge on any atom is -0.381 e. The molecule has 3 aromatic heterocycles. The van der Waals surface area contributed by atoms with Gasteiger partial charge in [-0.15, -0.1) is 0 Å². The molecule has 1 amide bonds. The number of H-pyrrole nitrogens is 1. The zero-order valence-electron chi connectivity index (χ0n) is 20.6. The van der Waals surface area contributed by atoms with Crippen LogP contribution in [0.1, 0.15) is 53.2 Å². The Morgan fingerprint density at radius 1 is 1.08 bits per heavy atom. The van der Waals surface area contributed by atoms with Crippen LogP contribution >= 0.6 is 0 Å². The van der Waals surface area contributed by atoms with Crippen molar-refractivity contribution < 1.29 is 9.53 Å². The number of ether oxygens (including phenoxy) is 1. The summed E-state index contributed by atoms with van der Waals surface area (Å²) in [6, 6.07) is 8.23. The summed E-state index contributed by atoms with van der Waals surface area (Å²) < 4.78 is 7.51. The number of aryl methyl sites for hydroxylation is 1. The Labute approximate surface area is 209 Å². The van der Waals surface area contributed by atoms with Crippen LogP contribution < -0.4 is 5.56 Å². The lowest BCUT2D eigenvalue weighted by Crippen LogP contribution is -2.39. The van der Waals surface area contributed by atoms with Crippen molar-refractivity contribution in [1.82, 2.24) is 24.6 Å². The SMILES string of the molecule is Cc1cc2[nH]c(=O)c3cnn(C4CCOCC4)c3c2cc1C(=O)N1CCC(Cc2ccncc2)CC1. The highest BCUT2D eigenvalue weighted by molar-refractivity contribution is 6.07. The third kappa shape index (κ3) is 4.19. The van der Waals surface area contributed by atoms with Crippen LogP contribution in [0.25, 0.3) is 21.8 Å². The first kappa shape index (κ1) is 22.9. The van der Waals surface area contributed by atoms with E-state index in [0.717, 1.165) is 67.2 Å². The van der Waals surface area contributed by atoms with Crippen molar-refractivity contribution >= 4 is 27.7 Å². The van der Waals surface area contributed by atoms with Crippen molar-refractivity contribution in [3.05, 3.63) is 69.9 Å². The van der Waals surface area contributed by atoms with Gasteiger partial charge in [0.25, 0.3) is 11.5 Å². The molecule has 0 spiro atoms. The summed E-state index contributed by atoms with van der Waals surface area (Å²) in [7, 11) is 0. The van der Waals surface area contributed by atoms with E-state index in [1.807, 2.05) is 41.0 Å². The number of hydrogen-bond acceptors (Lipinski definition) is 5. The van der Waals surface area contributed by atoms with Crippen LogP contribution in [0.15, 0.2) is 47.7 Å². The molecule has 1 aromatic carbocycles. The first-order valence-electron chi connectivity index (χ1n) is 12.9. The highest BCUT2D eigenvalue weighted by atomic mass is 16.5. The van der Waals surface area contributed by atoms with Crippen molar-refractivity contribution in [2.24, 2.45) is 5.92 Å². The number of aromatic amines is 1. The van der Waals surface area contributed by atoms with Crippen molar-refractivity contribution in [3.63, 3.8) is 0 Å². The largest absolute Gasteiger partial charge is 0.381 e. The van der Waals surface area contributed by atoms with Crippen molar-refractivity contribution in [3.8, 4) is 0 Å². The third-order valence-electron chi connectivity index (χ3n) is 7.85. The van der Waals surface area contributed by atoms with Gasteiger partial charge in [0.15, 0.2) is 0 Å². The maximum Gasteiger partial charge on any atom is 0.259 e. The zero-order valence-corrected chi connectivity index (χ0v) is 20.6. The summed E-state index contributed by atoms with van der Waals surface area (Å²) in [6.07, 6.45) is 10.1. The Hall–Kier alpha value is -3.52. The van der Waals surface area contributed by atoms with Crippen LogP contribution in [0, 0.1) is 12.8 Å². The molecule has 2 aliphatic rings. The van der Waals surface area contributed by atoms with E-state index in [0.29, 0.717) is 30.1 Å². The van der Waals surface area contributed by atoms with Gasteiger partial charge in [-0.3, -0.25) is 19.3 Å². The second kappa shape index (κ2) is 9.50. The Balaban J connectivity index is 1.30. The van der Waals surface area contributed by atoms with Gasteiger partial charge >= 0.3 is 0 Å². The molecule has 0 unspecified atom stereocenters. The maximum atomic E-state index is 13.7. The molecule has 8 heteroatoms. The lowest BCUT2D eigenvalue weighted by Gasteiger charge is -2.32. The smallest absolute Gasteiger partial charge is 0.259 e. The number of rotatable bonds is 4. The standard InChI is InChI=1S/C28H31N5O3/c1-18-14-25-23(26-24(27(34)31-25)17-30-33(26)21-6-12-36-13-7-21)16-22(18)28(35)32-10-4-20(5-11-32)15-19-2-8-29-9-3-19/h2-3,8-9,14,16-17,20-21H,4-7,10-13,15H2,1H3,(H,31,34). The number of carbonyl (C=O) groups excluding carboxylic acids is 1. The van der Waals surface area contributed by atoms with Crippen LogP contribution in [0.2, 0.25) is 0 Å². The molecule has 4 aromatic rings. The number of carbonyl (C=O) groups is 1. The van der Waals surface area contributed by atoms with Gasteiger partial charge in [-0.1, -0.05) is 0 Å². The van der Waals surface area contributed by atoms with Crippen LogP contribution in [0.3, 0.4) is 0 Å². The summed E-state index contributed by atoms with van der Waals surface area (Å²) in [4.78, 5) is 35.6. The fourth-order valence-corrected chi connectivity index (χ4v) is 5.79. The number of nitrogens with zero attached hydrogens (tertiary/aromatic N) is 4. The van der Waals surface area contributed by atoms with Crippen LogP contribution in [-0.2, 0) is 11.2 Å². The van der Waals surface area contributed by atoms with Crippen LogP contribution in [0.4, 0.5) is 0 Å². The molecule has 2 aliphatic heterocycles. The molecule has 0 saturated carbocycles. The number of piperidine rings is 1. The van der Waals surface area contributed by atoms with Gasteiger partial charge < -0.3 is 14.6 Å². The van der Waals surface area contributed by atoms with Crippen molar-refractivity contribution in [1.29, 1.82) is 0 Å². The van der Waals surface area contributed by atoms with Gasteiger partial charge in [-0.2, -0.15) is 5.10 Å². The first-order valence-corrected chi connectivity index (χ1v) is 12.9. The molecule has 0 atom stereocenters. The van der Waals surface area contributed by atoms with Crippen molar-refractivity contribution in [2.75, 3.05) is 26.3 Å². The van der Waals surface area contributed by atoms with Gasteiger partial charge in [0.05, 0.1) is 28.7 Å². The van der Waals surface area contributed by atoms with Gasteiger partial charge in [-0.25, -0.2) is 0 Å². The minimum absolute atomic E-state index is 0.0632. The lowest BCUT2D eigenvalue weighted by molar-refractivity contribution is 0.0675. The predicted molar refractivity (Wildman–Crippen MR) is 138 cm³/mol. The van der Waals surface area contributed by atoms with E-state index in [4.69, 9.17) is 4.74 Å². The Bertz CT molecular complexity index is 1460. The first-order chi connectivity index (χ1) is 17.6. The molecule has 8 nitrogen and oxygen atoms in total. The van der Waals surface area contributed by atoms with Gasteiger partial charge in [0.2, 0.25) is 0 Å². The number of fused-ring (bicyclic) bond motifs is 3. The summed E-state index contributed by atoms with van der Waals surface area (Å²) in [5, 5.41) is 6.03. The zero-order chi connectivity index (χ0) is 24.6. The summed E-state index contributed by atoms with van der Waals surface area (Å²) in [6.45, 7) is 4.83. The molecule has 5 heterocycles. The Kier molecular flexibility index (Phi) is 6.05. The van der Waals surface area contributed by atoms with Gasteiger partial charge in [0, 0.05) is 49.6 Å². The van der Waals surface area contributed by atoms with Gasteiger partial charge in [0.1, 0.15) is 0 Å². The van der Waals surface area contributed by atoms with E-state index in [-0.39, 0.29) is 17.5 Å². The van der Waals surface area contributed by atoms with Gasteiger partial charge in [-0.05, 0) is 80.3 Å². The number of likely N-dealkylation sites (tertiary alicyclic amines) is 1. The average molecular weight is 486 g/mol. The van der Waals surface area contributed by atoms with Crippen LogP contribution in [-0.4, -0.2) is 56.9 Å². The van der Waals surface area contributed by atoms with Crippen molar-refractivity contribution in [2.45, 2.75) is 45.1 Å². The molecule has 36 heavy (non-hydrogen) atoms. The number of amides is 1. The van der Waals surface area contributed by atoms with E-state index < -0.39 is 0 Å². The number of benzene rings is 1. The topological polar surface area (TPSA) is 93.1 Å². The van der Waals surface area contributed by atoms with E-state index in [1.165, 1.54) is 5.56 Å². The average Bonchev–Trinajstić information content (AvgIpc) is 3.36. The highest BCUT2D eigenvalue weighted by Crippen LogP contribution is 2.31. The molecule has 0 bridgehead atoms. The summed E-state index contributed by atoms with van der Waals surface area (Å²) in [5.74, 6) is 0.640. The van der Waals surface area contributed by atoms with E-state index in [2.05, 4.69) is 27.2 Å². The number of nitrogens with one attached hydrogen (secondary N) is 1. The Morgan fingerprint density at radius 3 is 2.58 bits per heavy atom. The normalized spacial score (nSPS) is 17.8. The highest BCUT2D eigenvalue weighted by Gasteiger charge is 2.26. The third-order valence-corrected chi connectivity index (χ3v) is 7.85. The fraction of sp³-hybridized carbons (Fsp3) is 0.429.